The molecule has 0 N–H and O–H groups in total. The largest absolute Gasteiger partial charge is 0.590 e. The second-order valence-corrected chi connectivity index (χ2v) is 12.1. The lowest BCUT2D eigenvalue weighted by atomic mass is 10.0. The molecule has 0 aromatic heterocycles. The molecule has 190 valence electrons. The third-order valence-electron chi connectivity index (χ3n) is 7.24. The van der Waals surface area contributed by atoms with E-state index in [1.165, 1.54) is 103 Å². The highest BCUT2D eigenvalue weighted by molar-refractivity contribution is 7.38. The van der Waals surface area contributed by atoms with E-state index >= 15 is 0 Å². The second-order valence-electron chi connectivity index (χ2n) is 10.7. The average Bonchev–Trinajstić information content (AvgIpc) is 2.74. The molecule has 2 unspecified atom stereocenters. The highest BCUT2D eigenvalue weighted by Crippen LogP contribution is 2.44. The zero-order valence-electron chi connectivity index (χ0n) is 22.5. The fraction of sp³-hybridized carbons (Fsp3) is 0.929. The average molecular weight is 471 g/mol. The van der Waals surface area contributed by atoms with Crippen LogP contribution in [0.5, 0.6) is 0 Å². The summed E-state index contributed by atoms with van der Waals surface area (Å²) in [6, 6.07) is 0. The highest BCUT2D eigenvalue weighted by atomic mass is 31.1. The summed E-state index contributed by atoms with van der Waals surface area (Å²) in [5.74, 6) is 0. The van der Waals surface area contributed by atoms with Crippen LogP contribution in [0.4, 0.5) is 0 Å². The van der Waals surface area contributed by atoms with Gasteiger partial charge in [-0.05, 0) is 32.1 Å². The van der Waals surface area contributed by atoms with E-state index in [0.717, 1.165) is 19.3 Å². The Morgan fingerprint density at radius 2 is 1.03 bits per heavy atom. The molecule has 4 heteroatoms. The van der Waals surface area contributed by atoms with Crippen LogP contribution in [-0.2, 0) is 4.57 Å². The van der Waals surface area contributed by atoms with Crippen molar-refractivity contribution in [3.63, 3.8) is 0 Å². The highest BCUT2D eigenvalue weighted by Gasteiger charge is 2.52. The molecule has 0 amide bonds. The first-order valence-corrected chi connectivity index (χ1v) is 15.1. The smallest absolute Gasteiger partial charge is 0.376 e. The molecule has 0 saturated carbocycles. The quantitative estimate of drug-likeness (QED) is 0.0647. The molecular formula is C28H57NO2P+. The topological polar surface area (TPSA) is 40.1 Å². The van der Waals surface area contributed by atoms with Crippen LogP contribution in [0.3, 0.4) is 0 Å². The first-order chi connectivity index (χ1) is 15.3. The van der Waals surface area contributed by atoms with Crippen molar-refractivity contribution in [2.24, 2.45) is 0 Å². The Balaban J connectivity index is 3.54. The van der Waals surface area contributed by atoms with Crippen molar-refractivity contribution in [2.45, 2.75) is 148 Å². The van der Waals surface area contributed by atoms with Crippen LogP contribution < -0.4 is 4.89 Å². The van der Waals surface area contributed by atoms with E-state index < -0.39 is 13.3 Å². The molecule has 0 aromatic carbocycles. The molecule has 0 fully saturated rings. The van der Waals surface area contributed by atoms with E-state index in [-0.39, 0.29) is 0 Å². The molecule has 0 radical (unpaired) electrons. The first kappa shape index (κ1) is 31.8. The normalized spacial score (nSPS) is 14.8. The fourth-order valence-electron chi connectivity index (χ4n) is 4.81. The fourth-order valence-corrected chi connectivity index (χ4v) is 5.90. The molecule has 3 nitrogen and oxygen atoms in total. The number of unbranched alkanes of at least 4 members (excludes halogenated alkanes) is 16. The minimum absolute atomic E-state index is 0.508. The molecule has 0 bridgehead atoms. The number of hydrogen-bond donors (Lipinski definition) is 0. The Morgan fingerprint density at radius 3 is 1.38 bits per heavy atom. The molecular weight excluding hydrogens is 413 g/mol. The lowest BCUT2D eigenvalue weighted by Crippen LogP contribution is -2.55. The molecule has 32 heavy (non-hydrogen) atoms. The van der Waals surface area contributed by atoms with Crippen molar-refractivity contribution >= 4 is 8.03 Å². The number of rotatable bonds is 23. The molecule has 0 saturated heterocycles. The van der Waals surface area contributed by atoms with Crippen LogP contribution in [-0.4, -0.2) is 30.9 Å². The summed E-state index contributed by atoms with van der Waals surface area (Å²) in [6.07, 6.45) is 30.1. The van der Waals surface area contributed by atoms with E-state index in [1.54, 1.807) is 0 Å². The molecule has 2 atom stereocenters. The van der Waals surface area contributed by atoms with Crippen LogP contribution in [0.1, 0.15) is 142 Å². The maximum atomic E-state index is 11.9. The maximum absolute atomic E-state index is 11.9. The number of allylic oxidation sites excluding steroid dienone is 2. The van der Waals surface area contributed by atoms with Crippen LogP contribution >= 0.6 is 8.03 Å². The van der Waals surface area contributed by atoms with E-state index in [1.807, 2.05) is 28.1 Å². The molecule has 0 aromatic rings. The summed E-state index contributed by atoms with van der Waals surface area (Å²) in [5, 5.41) is -0.603. The van der Waals surface area contributed by atoms with Crippen LogP contribution in [0.15, 0.2) is 12.2 Å². The third kappa shape index (κ3) is 14.8. The van der Waals surface area contributed by atoms with E-state index in [4.69, 9.17) is 0 Å². The van der Waals surface area contributed by atoms with Gasteiger partial charge >= 0.3 is 8.03 Å². The Morgan fingerprint density at radius 1 is 0.656 bits per heavy atom. The summed E-state index contributed by atoms with van der Waals surface area (Å²) in [7, 11) is 3.62. The SMILES string of the molecule is CCCCCCCCCCCC/C=C\CCCCCCCCC(CC)([P+](=O)[O-])[N+](C)(C)C. The van der Waals surface area contributed by atoms with Gasteiger partial charge in [-0.2, -0.15) is 0 Å². The minimum Gasteiger partial charge on any atom is -0.590 e. The van der Waals surface area contributed by atoms with Gasteiger partial charge in [0, 0.05) is 12.8 Å². The van der Waals surface area contributed by atoms with Gasteiger partial charge in [0.25, 0.3) is 5.28 Å². The van der Waals surface area contributed by atoms with Crippen molar-refractivity contribution in [3.8, 4) is 0 Å². The Hall–Kier alpha value is -0.240. The number of nitrogens with zero attached hydrogens (tertiary/aromatic N) is 1. The standard InChI is InChI=1S/C28H57NO2P/c1-6-8-9-10-11-12-13-14-15-16-17-18-19-20-21-22-23-24-25-26-27-28(7-2,32(30)31)29(3,4)5/h18-19H,6-17,20-27H2,1-5H3/q+1/b19-18-. The molecule has 0 aliphatic rings. The third-order valence-corrected chi connectivity index (χ3v) is 9.06. The van der Waals surface area contributed by atoms with Crippen molar-refractivity contribution in [3.05, 3.63) is 12.2 Å². The monoisotopic (exact) mass is 470 g/mol. The van der Waals surface area contributed by atoms with E-state index in [9.17, 15) is 9.46 Å². The van der Waals surface area contributed by atoms with Gasteiger partial charge in [0.2, 0.25) is 0 Å². The number of quaternary nitrogens is 1. The van der Waals surface area contributed by atoms with Gasteiger partial charge in [0.1, 0.15) is 0 Å². The summed E-state index contributed by atoms with van der Waals surface area (Å²) in [6.45, 7) is 4.30. The summed E-state index contributed by atoms with van der Waals surface area (Å²) in [5.41, 5.74) is 0. The predicted molar refractivity (Wildman–Crippen MR) is 141 cm³/mol. The summed E-state index contributed by atoms with van der Waals surface area (Å²) < 4.78 is 12.5. The van der Waals surface area contributed by atoms with Gasteiger partial charge in [-0.15, -0.1) is 0 Å². The zero-order chi connectivity index (χ0) is 24.1. The van der Waals surface area contributed by atoms with Gasteiger partial charge in [0.15, 0.2) is 0 Å². The maximum Gasteiger partial charge on any atom is 0.376 e. The van der Waals surface area contributed by atoms with Gasteiger partial charge in [0.05, 0.1) is 21.1 Å². The Labute approximate surface area is 202 Å². The molecule has 0 aliphatic heterocycles. The van der Waals surface area contributed by atoms with Crippen molar-refractivity contribution in [1.82, 2.24) is 0 Å². The number of hydrogen-bond acceptors (Lipinski definition) is 2. The van der Waals surface area contributed by atoms with E-state index in [2.05, 4.69) is 19.1 Å². The van der Waals surface area contributed by atoms with Crippen LogP contribution in [0.2, 0.25) is 0 Å². The van der Waals surface area contributed by atoms with Gasteiger partial charge in [-0.1, -0.05) is 114 Å². The van der Waals surface area contributed by atoms with Gasteiger partial charge in [-0.25, -0.2) is 0 Å². The zero-order valence-corrected chi connectivity index (χ0v) is 23.4. The second kappa shape index (κ2) is 20.2. The van der Waals surface area contributed by atoms with Crippen molar-refractivity contribution in [2.75, 3.05) is 21.1 Å². The van der Waals surface area contributed by atoms with E-state index in [0.29, 0.717) is 10.9 Å². The molecule has 0 heterocycles. The molecule has 0 spiro atoms. The summed E-state index contributed by atoms with van der Waals surface area (Å²) >= 11 is 0. The summed E-state index contributed by atoms with van der Waals surface area (Å²) in [4.78, 5) is 11.9. The van der Waals surface area contributed by atoms with Crippen LogP contribution in [0.25, 0.3) is 0 Å². The van der Waals surface area contributed by atoms with Crippen molar-refractivity contribution in [1.29, 1.82) is 0 Å². The Bertz CT molecular complexity index is 473. The molecule has 0 aliphatic carbocycles. The molecule has 0 rings (SSSR count). The van der Waals surface area contributed by atoms with Gasteiger partial charge in [-0.3, -0.25) is 4.48 Å². The lowest BCUT2D eigenvalue weighted by molar-refractivity contribution is -0.910. The minimum atomic E-state index is -2.42. The van der Waals surface area contributed by atoms with Gasteiger partial charge < -0.3 is 4.89 Å². The predicted octanol–water partition coefficient (Wildman–Crippen LogP) is 8.89. The first-order valence-electron chi connectivity index (χ1n) is 13.9. The lowest BCUT2D eigenvalue weighted by Gasteiger charge is -2.39. The Kier molecular flexibility index (Phi) is 20.0. The van der Waals surface area contributed by atoms with Crippen molar-refractivity contribution < 1.29 is 13.9 Å². The van der Waals surface area contributed by atoms with Crippen LogP contribution in [0, 0.1) is 0 Å².